The van der Waals surface area contributed by atoms with Crippen LogP contribution in [-0.2, 0) is 11.3 Å². The summed E-state index contributed by atoms with van der Waals surface area (Å²) in [4.78, 5) is 11.3. The van der Waals surface area contributed by atoms with Crippen molar-refractivity contribution in [1.82, 2.24) is 5.32 Å². The third-order valence-corrected chi connectivity index (χ3v) is 2.43. The minimum absolute atomic E-state index is 0. The van der Waals surface area contributed by atoms with Gasteiger partial charge in [-0.15, -0.1) is 12.4 Å². The lowest BCUT2D eigenvalue weighted by Gasteiger charge is -2.12. The third kappa shape index (κ3) is 5.12. The zero-order valence-corrected chi connectivity index (χ0v) is 12.0. The predicted molar refractivity (Wildman–Crippen MR) is 75.4 cm³/mol. The maximum Gasteiger partial charge on any atom is 0.236 e. The number of nitrogens with one attached hydrogen (secondary N) is 1. The number of hydrogen-bond donors (Lipinski definition) is 2. The zero-order valence-electron chi connectivity index (χ0n) is 10.4. The number of amides is 1. The minimum Gasteiger partial charge on any atom is -0.493 e. The molecule has 4 nitrogen and oxygen atoms in total. The maximum absolute atomic E-state index is 11.3. The van der Waals surface area contributed by atoms with Crippen LogP contribution in [0.4, 0.5) is 0 Å². The normalized spacial score (nSPS) is 11.3. The highest BCUT2D eigenvalue weighted by atomic mass is 35.5. The van der Waals surface area contributed by atoms with Gasteiger partial charge in [0, 0.05) is 17.1 Å². The Morgan fingerprint density at radius 3 is 2.78 bits per heavy atom. The van der Waals surface area contributed by atoms with Crippen LogP contribution in [0.2, 0.25) is 5.02 Å². The Bertz CT molecular complexity index is 398. The molecule has 0 aliphatic heterocycles. The van der Waals surface area contributed by atoms with E-state index in [1.54, 1.807) is 19.1 Å². The van der Waals surface area contributed by atoms with E-state index in [4.69, 9.17) is 22.1 Å². The number of carbonyl (C=O) groups is 1. The highest BCUT2D eigenvalue weighted by molar-refractivity contribution is 6.30. The Morgan fingerprint density at radius 2 is 2.22 bits per heavy atom. The van der Waals surface area contributed by atoms with E-state index in [9.17, 15) is 4.79 Å². The van der Waals surface area contributed by atoms with Crippen molar-refractivity contribution in [2.24, 2.45) is 5.73 Å². The first-order valence-electron chi connectivity index (χ1n) is 5.49. The molecule has 0 saturated heterocycles. The van der Waals surface area contributed by atoms with Gasteiger partial charge < -0.3 is 15.8 Å². The molecular weight excluding hydrogens is 275 g/mol. The van der Waals surface area contributed by atoms with Crippen LogP contribution in [0.5, 0.6) is 5.75 Å². The molecule has 102 valence electrons. The molecule has 18 heavy (non-hydrogen) atoms. The SMILES string of the molecule is CCOc1cc(Cl)ccc1CNC(=O)[C@@H](C)N.Cl. The van der Waals surface area contributed by atoms with Gasteiger partial charge in [0.25, 0.3) is 0 Å². The van der Waals surface area contributed by atoms with Crippen LogP contribution in [0, 0.1) is 0 Å². The molecule has 0 fully saturated rings. The second-order valence-electron chi connectivity index (χ2n) is 3.69. The first-order chi connectivity index (χ1) is 8.04. The lowest BCUT2D eigenvalue weighted by molar-refractivity contribution is -0.122. The molecule has 1 aromatic carbocycles. The molecule has 0 saturated carbocycles. The molecule has 0 radical (unpaired) electrons. The zero-order chi connectivity index (χ0) is 12.8. The Kier molecular flexibility index (Phi) is 7.75. The number of ether oxygens (including phenoxy) is 1. The van der Waals surface area contributed by atoms with Gasteiger partial charge in [-0.25, -0.2) is 0 Å². The largest absolute Gasteiger partial charge is 0.493 e. The van der Waals surface area contributed by atoms with Crippen LogP contribution in [0.15, 0.2) is 18.2 Å². The molecule has 0 bridgehead atoms. The van der Waals surface area contributed by atoms with E-state index < -0.39 is 6.04 Å². The summed E-state index contributed by atoms with van der Waals surface area (Å²) in [5.74, 6) is 0.493. The summed E-state index contributed by atoms with van der Waals surface area (Å²) in [5, 5.41) is 3.34. The molecule has 1 rings (SSSR count). The predicted octanol–water partition coefficient (Wildman–Crippen LogP) is 2.12. The lowest BCUT2D eigenvalue weighted by atomic mass is 10.2. The second-order valence-corrected chi connectivity index (χ2v) is 4.13. The first-order valence-corrected chi connectivity index (χ1v) is 5.87. The number of halogens is 2. The van der Waals surface area contributed by atoms with Crippen molar-refractivity contribution in [2.75, 3.05) is 6.61 Å². The first kappa shape index (κ1) is 17.0. The fourth-order valence-corrected chi connectivity index (χ4v) is 1.47. The molecular formula is C12H18Cl2N2O2. The van der Waals surface area contributed by atoms with E-state index >= 15 is 0 Å². The van der Waals surface area contributed by atoms with Gasteiger partial charge in [-0.2, -0.15) is 0 Å². The van der Waals surface area contributed by atoms with E-state index in [1.165, 1.54) is 0 Å². The molecule has 1 atom stereocenters. The van der Waals surface area contributed by atoms with Gasteiger partial charge in [0.15, 0.2) is 0 Å². The van der Waals surface area contributed by atoms with Crippen LogP contribution >= 0.6 is 24.0 Å². The summed E-state index contributed by atoms with van der Waals surface area (Å²) in [6.45, 7) is 4.47. The summed E-state index contributed by atoms with van der Waals surface area (Å²) in [6.07, 6.45) is 0. The highest BCUT2D eigenvalue weighted by Gasteiger charge is 2.09. The van der Waals surface area contributed by atoms with Crippen LogP contribution < -0.4 is 15.8 Å². The van der Waals surface area contributed by atoms with Gasteiger partial charge in [0.05, 0.1) is 12.6 Å². The number of hydrogen-bond acceptors (Lipinski definition) is 3. The summed E-state index contributed by atoms with van der Waals surface area (Å²) in [5.41, 5.74) is 6.34. The van der Waals surface area contributed by atoms with Crippen molar-refractivity contribution in [2.45, 2.75) is 26.4 Å². The third-order valence-electron chi connectivity index (χ3n) is 2.20. The smallest absolute Gasteiger partial charge is 0.236 e. The quantitative estimate of drug-likeness (QED) is 0.874. The van der Waals surface area contributed by atoms with Gasteiger partial charge >= 0.3 is 0 Å². The van der Waals surface area contributed by atoms with Crippen molar-refractivity contribution in [1.29, 1.82) is 0 Å². The molecule has 6 heteroatoms. The van der Waals surface area contributed by atoms with Gasteiger partial charge in [-0.3, -0.25) is 4.79 Å². The topological polar surface area (TPSA) is 64.3 Å². The Hall–Kier alpha value is -0.970. The van der Waals surface area contributed by atoms with Crippen LogP contribution in [-0.4, -0.2) is 18.6 Å². The van der Waals surface area contributed by atoms with Crippen molar-refractivity contribution in [3.63, 3.8) is 0 Å². The molecule has 0 spiro atoms. The van der Waals surface area contributed by atoms with E-state index in [2.05, 4.69) is 5.32 Å². The number of rotatable bonds is 5. The molecule has 0 aliphatic rings. The van der Waals surface area contributed by atoms with Gasteiger partial charge in [-0.05, 0) is 26.0 Å². The number of nitrogens with two attached hydrogens (primary N) is 1. The van der Waals surface area contributed by atoms with Crippen LogP contribution in [0.3, 0.4) is 0 Å². The van der Waals surface area contributed by atoms with Crippen molar-refractivity contribution >= 4 is 29.9 Å². The molecule has 0 aliphatic carbocycles. The van der Waals surface area contributed by atoms with Crippen molar-refractivity contribution < 1.29 is 9.53 Å². The average Bonchev–Trinajstić information content (AvgIpc) is 2.28. The number of benzene rings is 1. The maximum atomic E-state index is 11.3. The Morgan fingerprint density at radius 1 is 1.56 bits per heavy atom. The van der Waals surface area contributed by atoms with Crippen molar-refractivity contribution in [3.8, 4) is 5.75 Å². The molecule has 1 amide bonds. The monoisotopic (exact) mass is 292 g/mol. The summed E-state index contributed by atoms with van der Waals surface area (Å²) in [6, 6.07) is 4.81. The lowest BCUT2D eigenvalue weighted by Crippen LogP contribution is -2.37. The van der Waals surface area contributed by atoms with Gasteiger partial charge in [-0.1, -0.05) is 17.7 Å². The van der Waals surface area contributed by atoms with E-state index in [0.29, 0.717) is 23.9 Å². The van der Waals surface area contributed by atoms with E-state index in [0.717, 1.165) is 5.56 Å². The summed E-state index contributed by atoms with van der Waals surface area (Å²) in [7, 11) is 0. The summed E-state index contributed by atoms with van der Waals surface area (Å²) >= 11 is 5.88. The minimum atomic E-state index is -0.516. The molecule has 0 heterocycles. The van der Waals surface area contributed by atoms with Crippen LogP contribution in [0.25, 0.3) is 0 Å². The van der Waals surface area contributed by atoms with Crippen LogP contribution in [0.1, 0.15) is 19.4 Å². The molecule has 1 aromatic rings. The standard InChI is InChI=1S/C12H17ClN2O2.ClH/c1-3-17-11-6-10(13)5-4-9(11)7-15-12(16)8(2)14;/h4-6,8H,3,7,14H2,1-2H3,(H,15,16);1H/t8-;/m1./s1. The molecule has 0 unspecified atom stereocenters. The van der Waals surface area contributed by atoms with E-state index in [1.807, 2.05) is 13.0 Å². The number of carbonyl (C=O) groups excluding carboxylic acids is 1. The van der Waals surface area contributed by atoms with Gasteiger partial charge in [0.1, 0.15) is 5.75 Å². The van der Waals surface area contributed by atoms with E-state index in [-0.39, 0.29) is 18.3 Å². The Balaban J connectivity index is 0.00000289. The summed E-state index contributed by atoms with van der Waals surface area (Å²) < 4.78 is 5.44. The second kappa shape index (κ2) is 8.19. The fourth-order valence-electron chi connectivity index (χ4n) is 1.31. The highest BCUT2D eigenvalue weighted by Crippen LogP contribution is 2.23. The fraction of sp³-hybridized carbons (Fsp3) is 0.417. The molecule has 3 N–H and O–H groups in total. The molecule has 0 aromatic heterocycles. The van der Waals surface area contributed by atoms with Crippen molar-refractivity contribution in [3.05, 3.63) is 28.8 Å². The average molecular weight is 293 g/mol. The Labute approximate surface area is 118 Å². The van der Waals surface area contributed by atoms with Gasteiger partial charge in [0.2, 0.25) is 5.91 Å².